The lowest BCUT2D eigenvalue weighted by Crippen LogP contribution is -2.21. The molecule has 1 unspecified atom stereocenters. The number of rotatable bonds is 20. The number of phosphoric ester groups is 1. The van der Waals surface area contributed by atoms with Crippen molar-refractivity contribution >= 4 is 7.82 Å². The Morgan fingerprint density at radius 3 is 1.64 bits per heavy atom. The van der Waals surface area contributed by atoms with Crippen LogP contribution >= 0.6 is 7.82 Å². The fourth-order valence-corrected chi connectivity index (χ4v) is 4.06. The molecule has 6 nitrogen and oxygen atoms in total. The van der Waals surface area contributed by atoms with Crippen molar-refractivity contribution in [2.24, 2.45) is 5.92 Å². The minimum Gasteiger partial charge on any atom is -0.307 e. The molecule has 0 aromatic carbocycles. The first-order valence-corrected chi connectivity index (χ1v) is 12.6. The summed E-state index contributed by atoms with van der Waals surface area (Å²) in [5.41, 5.74) is 0. The summed E-state index contributed by atoms with van der Waals surface area (Å²) >= 11 is 0. The van der Waals surface area contributed by atoms with Crippen molar-refractivity contribution in [3.8, 4) is 0 Å². The maximum Gasteiger partial charge on any atom is 0.474 e. The van der Waals surface area contributed by atoms with Crippen LogP contribution in [0, 0.1) is 5.92 Å². The average molecular weight is 423 g/mol. The molecule has 28 heavy (non-hydrogen) atoms. The third-order valence-corrected chi connectivity index (χ3v) is 6.19. The van der Waals surface area contributed by atoms with Gasteiger partial charge in [0.2, 0.25) is 0 Å². The highest BCUT2D eigenvalue weighted by Crippen LogP contribution is 2.50. The summed E-state index contributed by atoms with van der Waals surface area (Å²) in [7, 11) is 4.32. The van der Waals surface area contributed by atoms with Crippen LogP contribution in [0.5, 0.6) is 0 Å². The van der Waals surface area contributed by atoms with E-state index in [0.717, 1.165) is 12.8 Å². The molecule has 0 N–H and O–H groups in total. The van der Waals surface area contributed by atoms with E-state index in [2.05, 4.69) is 13.8 Å². The zero-order chi connectivity index (χ0) is 21.3. The van der Waals surface area contributed by atoms with Gasteiger partial charge in [-0.1, -0.05) is 58.8 Å². The van der Waals surface area contributed by atoms with E-state index in [1.165, 1.54) is 44.9 Å². The van der Waals surface area contributed by atoms with Crippen molar-refractivity contribution in [3.63, 3.8) is 0 Å². The van der Waals surface area contributed by atoms with Gasteiger partial charge in [0.05, 0.1) is 19.8 Å². The second-order valence-electron chi connectivity index (χ2n) is 8.23. The van der Waals surface area contributed by atoms with Crippen LogP contribution in [0.1, 0.15) is 71.6 Å². The Bertz CT molecular complexity index is 377. The molecule has 170 valence electrons. The zero-order valence-corrected chi connectivity index (χ0v) is 20.3. The normalized spacial score (nSPS) is 13.6. The van der Waals surface area contributed by atoms with Gasteiger partial charge in [-0.2, -0.15) is 0 Å². The van der Waals surface area contributed by atoms with Crippen molar-refractivity contribution in [3.05, 3.63) is 0 Å². The van der Waals surface area contributed by atoms with Crippen molar-refractivity contribution in [2.75, 3.05) is 61.1 Å². The molecule has 0 aromatic heterocycles. The quantitative estimate of drug-likeness (QED) is 0.192. The second kappa shape index (κ2) is 17.9. The molecule has 0 aliphatic heterocycles. The predicted octanol–water partition coefficient (Wildman–Crippen LogP) is 5.43. The van der Waals surface area contributed by atoms with E-state index in [4.69, 9.17) is 13.6 Å². The zero-order valence-electron chi connectivity index (χ0n) is 19.5. The lowest BCUT2D eigenvalue weighted by Gasteiger charge is -2.23. The molecule has 0 fully saturated rings. The molecule has 0 aromatic rings. The van der Waals surface area contributed by atoms with Gasteiger partial charge in [-0.25, -0.2) is 4.57 Å². The predicted molar refractivity (Wildman–Crippen MR) is 119 cm³/mol. The SMILES string of the molecule is CCCCCCC(CCCCC)COP(=O)(OCCN(C)C)OCCN(C)C. The van der Waals surface area contributed by atoms with Gasteiger partial charge >= 0.3 is 7.82 Å². The van der Waals surface area contributed by atoms with Gasteiger partial charge in [0.15, 0.2) is 0 Å². The van der Waals surface area contributed by atoms with Crippen LogP contribution in [0.15, 0.2) is 0 Å². The topological polar surface area (TPSA) is 51.2 Å². The highest BCUT2D eigenvalue weighted by atomic mass is 31.2. The van der Waals surface area contributed by atoms with Crippen LogP contribution in [0.4, 0.5) is 0 Å². The third-order valence-electron chi connectivity index (χ3n) is 4.73. The highest BCUT2D eigenvalue weighted by Gasteiger charge is 2.28. The Morgan fingerprint density at radius 2 is 1.18 bits per heavy atom. The molecule has 0 aliphatic rings. The van der Waals surface area contributed by atoms with Crippen LogP contribution in [-0.4, -0.2) is 70.9 Å². The third kappa shape index (κ3) is 16.9. The van der Waals surface area contributed by atoms with Crippen molar-refractivity contribution in [1.29, 1.82) is 0 Å². The number of hydrogen-bond acceptors (Lipinski definition) is 6. The maximum atomic E-state index is 13.1. The van der Waals surface area contributed by atoms with Crippen LogP contribution in [0.3, 0.4) is 0 Å². The summed E-state index contributed by atoms with van der Waals surface area (Å²) in [6.07, 6.45) is 10.9. The maximum absolute atomic E-state index is 13.1. The van der Waals surface area contributed by atoms with Crippen LogP contribution in [0.25, 0.3) is 0 Å². The van der Waals surface area contributed by atoms with E-state index in [1.807, 2.05) is 38.0 Å². The first-order chi connectivity index (χ1) is 13.3. The molecule has 1 atom stereocenters. The fourth-order valence-electron chi connectivity index (χ4n) is 2.83. The Kier molecular flexibility index (Phi) is 17.9. The number of likely N-dealkylation sites (N-methyl/N-ethyl adjacent to an activating group) is 2. The minimum absolute atomic E-state index is 0.337. The Balaban J connectivity index is 4.66. The van der Waals surface area contributed by atoms with Gasteiger partial charge in [0.1, 0.15) is 0 Å². The molecule has 0 rings (SSSR count). The summed E-state index contributed by atoms with van der Waals surface area (Å²) in [5, 5.41) is 0. The van der Waals surface area contributed by atoms with Gasteiger partial charge in [0, 0.05) is 13.1 Å². The lowest BCUT2D eigenvalue weighted by molar-refractivity contribution is 0.0873. The molecule has 0 amide bonds. The summed E-state index contributed by atoms with van der Waals surface area (Å²) in [5.74, 6) is 0.423. The smallest absolute Gasteiger partial charge is 0.307 e. The molecule has 0 saturated carbocycles. The van der Waals surface area contributed by atoms with Crippen molar-refractivity contribution in [1.82, 2.24) is 9.80 Å². The van der Waals surface area contributed by atoms with Gasteiger partial charge in [-0.3, -0.25) is 13.6 Å². The van der Waals surface area contributed by atoms with Crippen LogP contribution < -0.4 is 0 Å². The monoisotopic (exact) mass is 422 g/mol. The molecule has 0 spiro atoms. The van der Waals surface area contributed by atoms with Gasteiger partial charge < -0.3 is 9.80 Å². The molecule has 0 aliphatic carbocycles. The molecular weight excluding hydrogens is 375 g/mol. The highest BCUT2D eigenvalue weighted by molar-refractivity contribution is 7.48. The van der Waals surface area contributed by atoms with Gasteiger partial charge in [-0.05, 0) is 47.0 Å². The van der Waals surface area contributed by atoms with E-state index >= 15 is 0 Å². The second-order valence-corrected chi connectivity index (χ2v) is 9.90. The molecule has 0 heterocycles. The van der Waals surface area contributed by atoms with E-state index < -0.39 is 7.82 Å². The lowest BCUT2D eigenvalue weighted by atomic mass is 9.95. The minimum atomic E-state index is -3.52. The number of nitrogens with zero attached hydrogens (tertiary/aromatic N) is 2. The Labute approximate surface area is 174 Å². The van der Waals surface area contributed by atoms with E-state index in [0.29, 0.717) is 38.8 Å². The Morgan fingerprint density at radius 1 is 0.714 bits per heavy atom. The summed E-state index contributed by atoms with van der Waals surface area (Å²) in [6, 6.07) is 0. The van der Waals surface area contributed by atoms with Crippen molar-refractivity contribution < 1.29 is 18.1 Å². The summed E-state index contributed by atoms with van der Waals surface area (Å²) in [6.45, 7) is 6.94. The molecule has 0 radical (unpaired) electrons. The first kappa shape index (κ1) is 28.0. The van der Waals surface area contributed by atoms with E-state index in [9.17, 15) is 4.57 Å². The van der Waals surface area contributed by atoms with Crippen LogP contribution in [0.2, 0.25) is 0 Å². The average Bonchev–Trinajstić information content (AvgIpc) is 2.62. The molecule has 0 saturated heterocycles. The van der Waals surface area contributed by atoms with Crippen molar-refractivity contribution in [2.45, 2.75) is 71.6 Å². The summed E-state index contributed by atoms with van der Waals surface area (Å²) < 4.78 is 30.1. The Hall–Kier alpha value is 0.0300. The largest absolute Gasteiger partial charge is 0.474 e. The van der Waals surface area contributed by atoms with Gasteiger partial charge in [-0.15, -0.1) is 0 Å². The summed E-state index contributed by atoms with van der Waals surface area (Å²) in [4.78, 5) is 3.98. The molecular formula is C21H47N2O4P. The molecule has 0 bridgehead atoms. The van der Waals surface area contributed by atoms with Gasteiger partial charge in [0.25, 0.3) is 0 Å². The number of phosphoric acid groups is 1. The van der Waals surface area contributed by atoms with E-state index in [-0.39, 0.29) is 0 Å². The number of unbranched alkanes of at least 4 members (excludes halogenated alkanes) is 5. The standard InChI is InChI=1S/C21H47N2O4P/c1-7-9-11-13-15-21(14-12-10-8-2)20-27-28(24,25-18-16-22(3)4)26-19-17-23(5)6/h21H,7-20H2,1-6H3. The van der Waals surface area contributed by atoms with Crippen LogP contribution in [-0.2, 0) is 18.1 Å². The first-order valence-electron chi connectivity index (χ1n) is 11.2. The molecule has 7 heteroatoms. The fraction of sp³-hybridized carbons (Fsp3) is 1.00. The number of hydrogen-bond donors (Lipinski definition) is 0. The van der Waals surface area contributed by atoms with E-state index in [1.54, 1.807) is 0 Å².